The lowest BCUT2D eigenvalue weighted by Crippen LogP contribution is -1.93. The van der Waals surface area contributed by atoms with Gasteiger partial charge in [-0.2, -0.15) is 0 Å². The van der Waals surface area contributed by atoms with Gasteiger partial charge < -0.3 is 0 Å². The fraction of sp³-hybridized carbons (Fsp3) is 0. The van der Waals surface area contributed by atoms with Crippen molar-refractivity contribution in [3.05, 3.63) is 115 Å². The Morgan fingerprint density at radius 2 is 0.885 bits per heavy atom. The molecule has 4 rings (SSSR count). The van der Waals surface area contributed by atoms with Gasteiger partial charge >= 0.3 is 0 Å². The maximum Gasteiger partial charge on any atom is -0.00268 e. The lowest BCUT2D eigenvalue weighted by Gasteiger charge is -2.18. The highest BCUT2D eigenvalue weighted by atomic mass is 14.2. The average molecular weight is 332 g/mol. The van der Waals surface area contributed by atoms with E-state index in [-0.39, 0.29) is 0 Å². The van der Waals surface area contributed by atoms with Gasteiger partial charge in [0.05, 0.1) is 0 Å². The zero-order chi connectivity index (χ0) is 17.8. The highest BCUT2D eigenvalue weighted by Crippen LogP contribution is 2.40. The number of benzene rings is 4. The number of hydrogen-bond donors (Lipinski definition) is 0. The third-order valence-corrected chi connectivity index (χ3v) is 4.68. The average Bonchev–Trinajstić information content (AvgIpc) is 2.74. The van der Waals surface area contributed by atoms with E-state index in [9.17, 15) is 0 Å². The molecule has 0 spiro atoms. The zero-order valence-corrected chi connectivity index (χ0v) is 14.6. The van der Waals surface area contributed by atoms with E-state index in [2.05, 4.69) is 104 Å². The third kappa shape index (κ3) is 2.98. The zero-order valence-electron chi connectivity index (χ0n) is 14.6. The Kier molecular flexibility index (Phi) is 4.49. The highest BCUT2D eigenvalue weighted by Gasteiger charge is 2.15. The Labute approximate surface area is 155 Å². The summed E-state index contributed by atoms with van der Waals surface area (Å²) in [6.07, 6.45) is 1.98. The largest absolute Gasteiger partial charge is 0.0984 e. The summed E-state index contributed by atoms with van der Waals surface area (Å²) in [6, 6.07) is 36.1. The molecule has 0 fully saturated rings. The maximum atomic E-state index is 4.14. The summed E-state index contributed by atoms with van der Waals surface area (Å²) in [5, 5.41) is 0. The molecule has 0 bridgehead atoms. The van der Waals surface area contributed by atoms with Crippen molar-refractivity contribution in [3.63, 3.8) is 0 Å². The Morgan fingerprint density at radius 1 is 0.462 bits per heavy atom. The normalized spacial score (nSPS) is 10.5. The molecule has 0 saturated heterocycles. The summed E-state index contributed by atoms with van der Waals surface area (Å²) in [7, 11) is 0. The summed E-state index contributed by atoms with van der Waals surface area (Å²) < 4.78 is 0. The molecular formula is C26H20. The van der Waals surface area contributed by atoms with Crippen LogP contribution in [0.25, 0.3) is 39.5 Å². The van der Waals surface area contributed by atoms with Crippen LogP contribution in [0.2, 0.25) is 0 Å². The Morgan fingerprint density at radius 3 is 1.38 bits per heavy atom. The molecule has 0 radical (unpaired) electrons. The highest BCUT2D eigenvalue weighted by molar-refractivity contribution is 5.95. The number of hydrogen-bond acceptors (Lipinski definition) is 0. The Bertz CT molecular complexity index is 1010. The van der Waals surface area contributed by atoms with Gasteiger partial charge in [-0.05, 0) is 38.9 Å². The molecule has 0 aliphatic rings. The van der Waals surface area contributed by atoms with Gasteiger partial charge in [0, 0.05) is 0 Å². The number of rotatable bonds is 4. The smallest absolute Gasteiger partial charge is 0.00268 e. The summed E-state index contributed by atoms with van der Waals surface area (Å²) in [6.45, 7) is 4.14. The van der Waals surface area contributed by atoms with E-state index in [4.69, 9.17) is 0 Å². The predicted octanol–water partition coefficient (Wildman–Crippen LogP) is 7.33. The topological polar surface area (TPSA) is 0 Å². The van der Waals surface area contributed by atoms with Crippen LogP contribution in [0.15, 0.2) is 110 Å². The minimum atomic E-state index is 1.17. The molecule has 4 aromatic carbocycles. The van der Waals surface area contributed by atoms with Crippen molar-refractivity contribution in [1.29, 1.82) is 0 Å². The van der Waals surface area contributed by atoms with Crippen molar-refractivity contribution >= 4 is 6.08 Å². The molecule has 0 heterocycles. The lowest BCUT2D eigenvalue weighted by molar-refractivity contribution is 1.54. The van der Waals surface area contributed by atoms with E-state index in [1.165, 1.54) is 38.9 Å². The van der Waals surface area contributed by atoms with E-state index < -0.39 is 0 Å². The van der Waals surface area contributed by atoms with Gasteiger partial charge in [0.2, 0.25) is 0 Å². The quantitative estimate of drug-likeness (QED) is 0.367. The molecular weight excluding hydrogens is 312 g/mol. The van der Waals surface area contributed by atoms with Crippen LogP contribution in [-0.2, 0) is 0 Å². The van der Waals surface area contributed by atoms with Gasteiger partial charge in [-0.3, -0.25) is 0 Å². The van der Waals surface area contributed by atoms with Crippen LogP contribution in [0, 0.1) is 0 Å². The molecule has 0 unspecified atom stereocenters. The first-order valence-corrected chi connectivity index (χ1v) is 8.84. The van der Waals surface area contributed by atoms with Crippen LogP contribution >= 0.6 is 0 Å². The molecule has 0 atom stereocenters. The van der Waals surface area contributed by atoms with Crippen molar-refractivity contribution in [2.75, 3.05) is 0 Å². The predicted molar refractivity (Wildman–Crippen MR) is 113 cm³/mol. The van der Waals surface area contributed by atoms with E-state index in [1.807, 2.05) is 12.1 Å². The molecule has 0 N–H and O–H groups in total. The van der Waals surface area contributed by atoms with Gasteiger partial charge in [-0.25, -0.2) is 0 Å². The molecule has 0 aromatic heterocycles. The van der Waals surface area contributed by atoms with Crippen molar-refractivity contribution in [2.24, 2.45) is 0 Å². The minimum Gasteiger partial charge on any atom is -0.0984 e. The Hall–Kier alpha value is -3.38. The van der Waals surface area contributed by atoms with Crippen LogP contribution < -0.4 is 0 Å². The molecule has 26 heavy (non-hydrogen) atoms. The summed E-state index contributed by atoms with van der Waals surface area (Å²) in [4.78, 5) is 0. The van der Waals surface area contributed by atoms with Crippen LogP contribution in [-0.4, -0.2) is 0 Å². The Balaban J connectivity index is 2.05. The van der Waals surface area contributed by atoms with Gasteiger partial charge in [0.15, 0.2) is 0 Å². The lowest BCUT2D eigenvalue weighted by atomic mass is 9.86. The summed E-state index contributed by atoms with van der Waals surface area (Å²) >= 11 is 0. The van der Waals surface area contributed by atoms with Gasteiger partial charge in [0.25, 0.3) is 0 Å². The minimum absolute atomic E-state index is 1.17. The second kappa shape index (κ2) is 7.25. The monoisotopic (exact) mass is 332 g/mol. The van der Waals surface area contributed by atoms with E-state index in [1.54, 1.807) is 0 Å². The standard InChI is InChI=1S/C26H20/c1-2-23-24(20-12-6-3-7-13-20)18-19-25(21-14-8-4-9-15-21)26(23)22-16-10-5-11-17-22/h2-19H,1H2. The molecule has 124 valence electrons. The van der Waals surface area contributed by atoms with Crippen molar-refractivity contribution in [2.45, 2.75) is 0 Å². The first-order valence-electron chi connectivity index (χ1n) is 8.84. The van der Waals surface area contributed by atoms with Gasteiger partial charge in [-0.15, -0.1) is 0 Å². The molecule has 0 aliphatic carbocycles. The van der Waals surface area contributed by atoms with E-state index in [0.29, 0.717) is 0 Å². The van der Waals surface area contributed by atoms with Crippen molar-refractivity contribution in [1.82, 2.24) is 0 Å². The van der Waals surface area contributed by atoms with Crippen LogP contribution in [0.5, 0.6) is 0 Å². The molecule has 4 aromatic rings. The third-order valence-electron chi connectivity index (χ3n) is 4.68. The molecule has 0 amide bonds. The van der Waals surface area contributed by atoms with Gasteiger partial charge in [0.1, 0.15) is 0 Å². The van der Waals surface area contributed by atoms with Crippen LogP contribution in [0.1, 0.15) is 5.56 Å². The van der Waals surface area contributed by atoms with Crippen LogP contribution in [0.3, 0.4) is 0 Å². The fourth-order valence-electron chi connectivity index (χ4n) is 3.48. The summed E-state index contributed by atoms with van der Waals surface area (Å²) in [5.41, 5.74) is 8.47. The van der Waals surface area contributed by atoms with Crippen molar-refractivity contribution < 1.29 is 0 Å². The second-order valence-electron chi connectivity index (χ2n) is 6.25. The molecule has 0 heteroatoms. The van der Waals surface area contributed by atoms with Crippen molar-refractivity contribution in [3.8, 4) is 33.4 Å². The summed E-state index contributed by atoms with van der Waals surface area (Å²) in [5.74, 6) is 0. The fourth-order valence-corrected chi connectivity index (χ4v) is 3.48. The van der Waals surface area contributed by atoms with Gasteiger partial charge in [-0.1, -0.05) is 116 Å². The van der Waals surface area contributed by atoms with E-state index >= 15 is 0 Å². The molecule has 0 nitrogen and oxygen atoms in total. The maximum absolute atomic E-state index is 4.14. The molecule has 0 saturated carbocycles. The van der Waals surface area contributed by atoms with E-state index in [0.717, 1.165) is 0 Å². The second-order valence-corrected chi connectivity index (χ2v) is 6.25. The molecule has 0 aliphatic heterocycles. The van der Waals surface area contributed by atoms with Crippen LogP contribution in [0.4, 0.5) is 0 Å². The first kappa shape index (κ1) is 16.1. The SMILES string of the molecule is C=Cc1c(-c2ccccc2)ccc(-c2ccccc2)c1-c1ccccc1. The first-order chi connectivity index (χ1) is 12.9.